The molecule has 1 saturated heterocycles. The van der Waals surface area contributed by atoms with Gasteiger partial charge < -0.3 is 20.5 Å². The first kappa shape index (κ1) is 22.9. The summed E-state index contributed by atoms with van der Waals surface area (Å²) in [6.45, 7) is 1.34. The first-order valence-corrected chi connectivity index (χ1v) is 12.5. The maximum Gasteiger partial charge on any atom is 0.323 e. The van der Waals surface area contributed by atoms with E-state index in [1.54, 1.807) is 6.20 Å². The second-order valence-corrected chi connectivity index (χ2v) is 9.82. The summed E-state index contributed by atoms with van der Waals surface area (Å²) in [7, 11) is 1.43. The summed E-state index contributed by atoms with van der Waals surface area (Å²) in [5.41, 5.74) is 1.65. The van der Waals surface area contributed by atoms with E-state index in [0.29, 0.717) is 23.4 Å². The SMILES string of the molecule is COC(=O)[C@@H]1CCCN1Cc1cc(Nc2nc3cccnc3s2)nc(NC2CCC(O)CC2)n1. The van der Waals surface area contributed by atoms with Gasteiger partial charge in [0.05, 0.1) is 18.9 Å². The van der Waals surface area contributed by atoms with Gasteiger partial charge in [0.1, 0.15) is 22.2 Å². The molecule has 5 rings (SSSR count). The predicted octanol–water partition coefficient (Wildman–Crippen LogP) is 3.08. The van der Waals surface area contributed by atoms with Crippen molar-refractivity contribution in [3.63, 3.8) is 0 Å². The lowest BCUT2D eigenvalue weighted by Gasteiger charge is -2.27. The summed E-state index contributed by atoms with van der Waals surface area (Å²) in [6, 6.07) is 5.67. The molecule has 1 aliphatic carbocycles. The smallest absolute Gasteiger partial charge is 0.323 e. The van der Waals surface area contributed by atoms with Crippen LogP contribution in [0, 0.1) is 0 Å². The molecule has 3 aromatic heterocycles. The van der Waals surface area contributed by atoms with Crippen molar-refractivity contribution in [3.05, 3.63) is 30.1 Å². The number of aromatic nitrogens is 4. The molecular formula is C23H29N7O3S. The van der Waals surface area contributed by atoms with E-state index in [1.165, 1.54) is 18.4 Å². The van der Waals surface area contributed by atoms with Crippen LogP contribution in [0.4, 0.5) is 16.9 Å². The van der Waals surface area contributed by atoms with Gasteiger partial charge in [0.25, 0.3) is 0 Å². The highest BCUT2D eigenvalue weighted by atomic mass is 32.1. The van der Waals surface area contributed by atoms with Gasteiger partial charge in [0.15, 0.2) is 5.13 Å². The lowest BCUT2D eigenvalue weighted by Crippen LogP contribution is -2.36. The van der Waals surface area contributed by atoms with Gasteiger partial charge in [0, 0.05) is 24.8 Å². The lowest BCUT2D eigenvalue weighted by molar-refractivity contribution is -0.146. The van der Waals surface area contributed by atoms with Gasteiger partial charge in [-0.25, -0.2) is 15.0 Å². The van der Waals surface area contributed by atoms with Crippen LogP contribution in [0.25, 0.3) is 10.3 Å². The molecule has 4 heterocycles. The number of esters is 1. The number of aliphatic hydroxyl groups is 1. The second-order valence-electron chi connectivity index (χ2n) is 8.84. The fraction of sp³-hybridized carbons (Fsp3) is 0.522. The maximum absolute atomic E-state index is 12.2. The van der Waals surface area contributed by atoms with E-state index in [4.69, 9.17) is 14.7 Å². The Morgan fingerprint density at radius 1 is 1.24 bits per heavy atom. The Hall–Kier alpha value is -2.89. The van der Waals surface area contributed by atoms with Crippen LogP contribution >= 0.6 is 11.3 Å². The summed E-state index contributed by atoms with van der Waals surface area (Å²) in [6.07, 6.45) is 6.56. The summed E-state index contributed by atoms with van der Waals surface area (Å²) in [5, 5.41) is 17.3. The highest BCUT2D eigenvalue weighted by Gasteiger charge is 2.32. The molecule has 1 saturated carbocycles. The number of fused-ring (bicyclic) bond motifs is 1. The molecule has 34 heavy (non-hydrogen) atoms. The topological polar surface area (TPSA) is 125 Å². The first-order chi connectivity index (χ1) is 16.6. The zero-order chi connectivity index (χ0) is 23.5. The van der Waals surface area contributed by atoms with Crippen molar-refractivity contribution in [2.45, 2.75) is 63.3 Å². The highest BCUT2D eigenvalue weighted by Crippen LogP contribution is 2.28. The molecule has 0 radical (unpaired) electrons. The van der Waals surface area contributed by atoms with Crippen molar-refractivity contribution in [1.29, 1.82) is 0 Å². The average Bonchev–Trinajstić information content (AvgIpc) is 3.46. The second kappa shape index (κ2) is 10.2. The largest absolute Gasteiger partial charge is 0.468 e. The summed E-state index contributed by atoms with van der Waals surface area (Å²) in [5.74, 6) is 0.969. The molecule has 3 N–H and O–H groups in total. The van der Waals surface area contributed by atoms with Gasteiger partial charge in [-0.1, -0.05) is 11.3 Å². The third-order valence-corrected chi connectivity index (χ3v) is 7.31. The summed E-state index contributed by atoms with van der Waals surface area (Å²) >= 11 is 1.47. The number of carbonyl (C=O) groups excluding carboxylic acids is 1. The molecular weight excluding hydrogens is 454 g/mol. The minimum absolute atomic E-state index is 0.203. The van der Waals surface area contributed by atoms with Crippen LogP contribution in [-0.2, 0) is 16.1 Å². The number of hydrogen-bond donors (Lipinski definition) is 3. The molecule has 0 aromatic carbocycles. The zero-order valence-electron chi connectivity index (χ0n) is 19.1. The Kier molecular flexibility index (Phi) is 6.84. The monoisotopic (exact) mass is 483 g/mol. The summed E-state index contributed by atoms with van der Waals surface area (Å²) in [4.78, 5) is 33.6. The molecule has 10 nitrogen and oxygen atoms in total. The summed E-state index contributed by atoms with van der Waals surface area (Å²) < 4.78 is 5.00. The Morgan fingerprint density at radius 2 is 2.09 bits per heavy atom. The van der Waals surface area contributed by atoms with Gasteiger partial charge in [-0.2, -0.15) is 4.98 Å². The number of hydrogen-bond acceptors (Lipinski definition) is 11. The standard InChI is InChI=1S/C23H29N7O3S/c1-33-21(32)18-5-3-11-30(18)13-15-12-19(29-23-27-17-4-2-10-24-20(17)34-23)28-22(26-15)25-14-6-8-16(31)9-7-14/h2,4,10,12,14,16,18,31H,3,5-9,11,13H2,1H3,(H2,25,26,27,28,29)/t14?,16?,18-/m0/s1. The number of carbonyl (C=O) groups is 1. The number of methoxy groups -OCH3 is 1. The lowest BCUT2D eigenvalue weighted by atomic mass is 9.93. The molecule has 180 valence electrons. The van der Waals surface area contributed by atoms with Crippen LogP contribution in [0.2, 0.25) is 0 Å². The van der Waals surface area contributed by atoms with Crippen LogP contribution in [0.5, 0.6) is 0 Å². The number of thiazole rings is 1. The Morgan fingerprint density at radius 3 is 2.88 bits per heavy atom. The van der Waals surface area contributed by atoms with Gasteiger partial charge in [-0.05, 0) is 57.2 Å². The Bertz CT molecular complexity index is 1120. The maximum atomic E-state index is 12.2. The van der Waals surface area contributed by atoms with Crippen molar-refractivity contribution in [1.82, 2.24) is 24.8 Å². The molecule has 3 aromatic rings. The number of rotatable bonds is 7. The Balaban J connectivity index is 1.39. The fourth-order valence-corrected chi connectivity index (χ4v) is 5.48. The van der Waals surface area contributed by atoms with E-state index in [2.05, 4.69) is 25.5 Å². The van der Waals surface area contributed by atoms with Gasteiger partial charge in [-0.15, -0.1) is 0 Å². The molecule has 1 atom stereocenters. The minimum Gasteiger partial charge on any atom is -0.468 e. The van der Waals surface area contributed by atoms with Crippen molar-refractivity contribution in [2.24, 2.45) is 0 Å². The zero-order valence-corrected chi connectivity index (χ0v) is 19.9. The molecule has 11 heteroatoms. The van der Waals surface area contributed by atoms with E-state index < -0.39 is 0 Å². The van der Waals surface area contributed by atoms with E-state index in [-0.39, 0.29) is 24.2 Å². The molecule has 0 unspecified atom stereocenters. The third-order valence-electron chi connectivity index (χ3n) is 6.41. The molecule has 0 bridgehead atoms. The number of anilines is 3. The molecule has 2 aliphatic rings. The molecule has 0 amide bonds. The molecule has 1 aliphatic heterocycles. The fourth-order valence-electron chi connectivity index (χ4n) is 4.67. The van der Waals surface area contributed by atoms with Crippen LogP contribution in [-0.4, -0.2) is 67.8 Å². The first-order valence-electron chi connectivity index (χ1n) is 11.7. The number of nitrogens with one attached hydrogen (secondary N) is 2. The van der Waals surface area contributed by atoms with Crippen molar-refractivity contribution >= 4 is 44.6 Å². The number of pyridine rings is 1. The van der Waals surface area contributed by atoms with Crippen LogP contribution in [0.15, 0.2) is 24.4 Å². The number of aliphatic hydroxyl groups excluding tert-OH is 1. The van der Waals surface area contributed by atoms with E-state index in [1.807, 2.05) is 18.2 Å². The quantitative estimate of drug-likeness (QED) is 0.432. The van der Waals surface area contributed by atoms with Gasteiger partial charge in [0.2, 0.25) is 5.95 Å². The van der Waals surface area contributed by atoms with Gasteiger partial charge in [-0.3, -0.25) is 9.69 Å². The number of likely N-dealkylation sites (tertiary alicyclic amines) is 1. The van der Waals surface area contributed by atoms with E-state index >= 15 is 0 Å². The third kappa shape index (κ3) is 5.26. The molecule has 0 spiro atoms. The van der Waals surface area contributed by atoms with Crippen LogP contribution in [0.3, 0.4) is 0 Å². The van der Waals surface area contributed by atoms with E-state index in [9.17, 15) is 9.90 Å². The highest BCUT2D eigenvalue weighted by molar-refractivity contribution is 7.21. The van der Waals surface area contributed by atoms with Crippen molar-refractivity contribution < 1.29 is 14.6 Å². The van der Waals surface area contributed by atoms with Gasteiger partial charge >= 0.3 is 5.97 Å². The normalized spacial score (nSPS) is 23.2. The predicted molar refractivity (Wildman–Crippen MR) is 130 cm³/mol. The Labute approximate surface area is 201 Å². The van der Waals surface area contributed by atoms with Crippen LogP contribution in [0.1, 0.15) is 44.2 Å². The van der Waals surface area contributed by atoms with E-state index in [0.717, 1.165) is 61.1 Å². The minimum atomic E-state index is -0.247. The van der Waals surface area contributed by atoms with Crippen molar-refractivity contribution in [2.75, 3.05) is 24.3 Å². The average molecular weight is 484 g/mol. The molecule has 2 fully saturated rings. The number of ether oxygens (including phenoxy) is 1. The number of nitrogens with zero attached hydrogens (tertiary/aromatic N) is 5. The van der Waals surface area contributed by atoms with Crippen molar-refractivity contribution in [3.8, 4) is 0 Å². The van der Waals surface area contributed by atoms with Crippen LogP contribution < -0.4 is 10.6 Å².